The first-order chi connectivity index (χ1) is 19.7. The predicted molar refractivity (Wildman–Crippen MR) is 159 cm³/mol. The fraction of sp³-hybridized carbons (Fsp3) is 0.581. The molecule has 4 heterocycles. The van der Waals surface area contributed by atoms with Gasteiger partial charge in [-0.2, -0.15) is 0 Å². The van der Waals surface area contributed by atoms with Gasteiger partial charge in [0.15, 0.2) is 0 Å². The number of nitrogens with zero attached hydrogens (tertiary/aromatic N) is 3. The van der Waals surface area contributed by atoms with Gasteiger partial charge in [-0.3, -0.25) is 14.5 Å². The average Bonchev–Trinajstić information content (AvgIpc) is 3.70. The SMILES string of the molecule is CSc1cc(C)[nH]c(=O)c1CNC(=O)c1c(C)n(C(C)C2CCC(N3CC(OC4CC4)C3)CC2)c2ncc(F)cc12. The number of hydrogen-bond acceptors (Lipinski definition) is 6. The molecule has 220 valence electrons. The van der Waals surface area contributed by atoms with Gasteiger partial charge in [0.1, 0.15) is 11.5 Å². The Labute approximate surface area is 244 Å². The van der Waals surface area contributed by atoms with Gasteiger partial charge in [0, 0.05) is 59.0 Å². The molecule has 10 heteroatoms. The maximum Gasteiger partial charge on any atom is 0.254 e. The zero-order valence-electron chi connectivity index (χ0n) is 24.3. The number of pyridine rings is 2. The topological polar surface area (TPSA) is 92.2 Å². The van der Waals surface area contributed by atoms with E-state index >= 15 is 0 Å². The number of rotatable bonds is 9. The van der Waals surface area contributed by atoms with Gasteiger partial charge in [-0.15, -0.1) is 11.8 Å². The van der Waals surface area contributed by atoms with Gasteiger partial charge in [-0.05, 0) is 83.6 Å². The van der Waals surface area contributed by atoms with Crippen molar-refractivity contribution in [1.29, 1.82) is 0 Å². The van der Waals surface area contributed by atoms with E-state index in [4.69, 9.17) is 4.74 Å². The van der Waals surface area contributed by atoms with E-state index < -0.39 is 5.82 Å². The molecular formula is C31H40FN5O3S. The van der Waals surface area contributed by atoms with Crippen LogP contribution >= 0.6 is 11.8 Å². The third-order valence-electron chi connectivity index (χ3n) is 9.29. The molecule has 1 atom stereocenters. The lowest BCUT2D eigenvalue weighted by molar-refractivity contribution is -0.0864. The Morgan fingerprint density at radius 1 is 1.17 bits per heavy atom. The number of carbonyl (C=O) groups is 1. The zero-order chi connectivity index (χ0) is 28.8. The van der Waals surface area contributed by atoms with Crippen molar-refractivity contribution >= 4 is 28.7 Å². The third kappa shape index (κ3) is 5.70. The smallest absolute Gasteiger partial charge is 0.254 e. The first-order valence-corrected chi connectivity index (χ1v) is 16.1. The molecular weight excluding hydrogens is 541 g/mol. The summed E-state index contributed by atoms with van der Waals surface area (Å²) in [5.74, 6) is -0.365. The number of amides is 1. The van der Waals surface area contributed by atoms with Crippen molar-refractivity contribution in [3.63, 3.8) is 0 Å². The Balaban J connectivity index is 1.18. The van der Waals surface area contributed by atoms with Gasteiger partial charge in [0.05, 0.1) is 24.0 Å². The highest BCUT2D eigenvalue weighted by atomic mass is 32.2. The average molecular weight is 582 g/mol. The van der Waals surface area contributed by atoms with Crippen molar-refractivity contribution in [2.45, 2.75) is 95.0 Å². The van der Waals surface area contributed by atoms with Crippen LogP contribution in [0.1, 0.15) is 78.8 Å². The quantitative estimate of drug-likeness (QED) is 0.341. The molecule has 3 aromatic rings. The molecule has 0 bridgehead atoms. The molecule has 3 aliphatic rings. The van der Waals surface area contributed by atoms with Crippen LogP contribution in [-0.4, -0.2) is 62.9 Å². The number of H-pyrrole nitrogens is 1. The van der Waals surface area contributed by atoms with E-state index in [1.165, 1.54) is 36.9 Å². The number of thioether (sulfide) groups is 1. The highest BCUT2D eigenvalue weighted by Gasteiger charge is 2.39. The molecule has 6 rings (SSSR count). The van der Waals surface area contributed by atoms with Crippen LogP contribution in [-0.2, 0) is 11.3 Å². The molecule has 2 saturated carbocycles. The van der Waals surface area contributed by atoms with Gasteiger partial charge < -0.3 is 19.6 Å². The van der Waals surface area contributed by atoms with Crippen LogP contribution in [0.15, 0.2) is 28.0 Å². The summed E-state index contributed by atoms with van der Waals surface area (Å²) in [4.78, 5) is 36.9. The number of aromatic nitrogens is 3. The van der Waals surface area contributed by atoms with Crippen LogP contribution in [0.3, 0.4) is 0 Å². The molecule has 2 N–H and O–H groups in total. The van der Waals surface area contributed by atoms with E-state index in [-0.39, 0.29) is 24.1 Å². The molecule has 2 aliphatic carbocycles. The number of hydrogen-bond donors (Lipinski definition) is 2. The number of ether oxygens (including phenoxy) is 1. The van der Waals surface area contributed by atoms with Crippen molar-refractivity contribution in [3.8, 4) is 0 Å². The van der Waals surface area contributed by atoms with E-state index in [0.29, 0.717) is 46.3 Å². The van der Waals surface area contributed by atoms with Crippen LogP contribution in [0.25, 0.3) is 11.0 Å². The first-order valence-electron chi connectivity index (χ1n) is 14.8. The van der Waals surface area contributed by atoms with Crippen molar-refractivity contribution in [3.05, 3.63) is 57.0 Å². The zero-order valence-corrected chi connectivity index (χ0v) is 25.2. The summed E-state index contributed by atoms with van der Waals surface area (Å²) in [6.07, 6.45) is 11.0. The maximum atomic E-state index is 14.4. The fourth-order valence-corrected chi connectivity index (χ4v) is 7.56. The van der Waals surface area contributed by atoms with Gasteiger partial charge in [-0.25, -0.2) is 9.37 Å². The highest BCUT2D eigenvalue weighted by molar-refractivity contribution is 7.98. The van der Waals surface area contributed by atoms with E-state index in [9.17, 15) is 14.0 Å². The second-order valence-electron chi connectivity index (χ2n) is 12.1. The first kappa shape index (κ1) is 28.4. The second-order valence-corrected chi connectivity index (χ2v) is 12.9. The molecule has 1 amide bonds. The Hall–Kier alpha value is -2.69. The number of carbonyl (C=O) groups excluding carboxylic acids is 1. The number of aromatic amines is 1. The van der Waals surface area contributed by atoms with Gasteiger partial charge >= 0.3 is 0 Å². The van der Waals surface area contributed by atoms with Crippen LogP contribution in [0.4, 0.5) is 4.39 Å². The summed E-state index contributed by atoms with van der Waals surface area (Å²) < 4.78 is 22.6. The number of nitrogens with one attached hydrogen (secondary N) is 2. The monoisotopic (exact) mass is 581 g/mol. The summed E-state index contributed by atoms with van der Waals surface area (Å²) >= 11 is 1.47. The third-order valence-corrected chi connectivity index (χ3v) is 10.1. The Morgan fingerprint density at radius 3 is 2.59 bits per heavy atom. The van der Waals surface area contributed by atoms with Crippen molar-refractivity contribution in [1.82, 2.24) is 24.8 Å². The lowest BCUT2D eigenvalue weighted by Gasteiger charge is -2.47. The molecule has 1 saturated heterocycles. The molecule has 3 aromatic heterocycles. The highest BCUT2D eigenvalue weighted by Crippen LogP contribution is 2.40. The van der Waals surface area contributed by atoms with Gasteiger partial charge in [0.2, 0.25) is 0 Å². The Kier molecular flexibility index (Phi) is 8.00. The predicted octanol–water partition coefficient (Wildman–Crippen LogP) is 5.12. The number of aryl methyl sites for hydroxylation is 1. The summed E-state index contributed by atoms with van der Waals surface area (Å²) in [6.45, 7) is 8.16. The molecule has 41 heavy (non-hydrogen) atoms. The Bertz CT molecular complexity index is 1500. The largest absolute Gasteiger partial charge is 0.372 e. The van der Waals surface area contributed by atoms with Crippen molar-refractivity contribution in [2.75, 3.05) is 19.3 Å². The number of halogens is 1. The van der Waals surface area contributed by atoms with Crippen molar-refractivity contribution in [2.24, 2.45) is 5.92 Å². The van der Waals surface area contributed by atoms with Crippen molar-refractivity contribution < 1.29 is 13.9 Å². The van der Waals surface area contributed by atoms with E-state index in [2.05, 4.69) is 31.7 Å². The summed E-state index contributed by atoms with van der Waals surface area (Å²) in [6, 6.07) is 4.04. The minimum Gasteiger partial charge on any atom is -0.372 e. The maximum absolute atomic E-state index is 14.4. The second kappa shape index (κ2) is 11.5. The molecule has 0 radical (unpaired) electrons. The summed E-state index contributed by atoms with van der Waals surface area (Å²) in [5.41, 5.74) is 2.90. The fourth-order valence-electron chi connectivity index (χ4n) is 6.85. The van der Waals surface area contributed by atoms with E-state index in [1.54, 1.807) is 0 Å². The van der Waals surface area contributed by atoms with Crippen LogP contribution in [0.2, 0.25) is 0 Å². The number of likely N-dealkylation sites (tertiary alicyclic amines) is 1. The molecule has 3 fully saturated rings. The number of fused-ring (bicyclic) bond motifs is 1. The minimum absolute atomic E-state index is 0.0854. The Morgan fingerprint density at radius 2 is 1.90 bits per heavy atom. The standard InChI is InChI=1S/C31H40FN5O3S/c1-17-11-27(41-4)26(30(38)35-17)14-34-31(39)28-19(3)37(29-25(28)12-21(32)13-33-29)18(2)20-5-7-22(8-6-20)36-15-24(16-36)40-23-9-10-23/h11-13,18,20,22-24H,5-10,14-16H2,1-4H3,(H,34,39)(H,35,38). The lowest BCUT2D eigenvalue weighted by Crippen LogP contribution is -2.57. The van der Waals surface area contributed by atoms with Crippen LogP contribution in [0, 0.1) is 25.6 Å². The molecule has 1 aliphatic heterocycles. The lowest BCUT2D eigenvalue weighted by atomic mass is 9.80. The molecule has 0 aromatic carbocycles. The van der Waals surface area contributed by atoms with Crippen LogP contribution in [0.5, 0.6) is 0 Å². The normalized spacial score (nSPS) is 22.6. The van der Waals surface area contributed by atoms with Gasteiger partial charge in [0.25, 0.3) is 11.5 Å². The molecule has 0 spiro atoms. The van der Waals surface area contributed by atoms with Gasteiger partial charge in [-0.1, -0.05) is 0 Å². The van der Waals surface area contributed by atoms with E-state index in [0.717, 1.165) is 55.1 Å². The summed E-state index contributed by atoms with van der Waals surface area (Å²) in [5, 5.41) is 3.44. The summed E-state index contributed by atoms with van der Waals surface area (Å²) in [7, 11) is 0. The molecule has 1 unspecified atom stereocenters. The van der Waals surface area contributed by atoms with Crippen LogP contribution < -0.4 is 10.9 Å². The minimum atomic E-state index is -0.477. The van der Waals surface area contributed by atoms with E-state index in [1.807, 2.05) is 26.2 Å². The molecule has 8 nitrogen and oxygen atoms in total.